The Kier molecular flexibility index (Phi) is 4.53. The van der Waals surface area contributed by atoms with Crippen LogP contribution in [0.15, 0.2) is 24.3 Å². The minimum atomic E-state index is 0.0524. The predicted octanol–water partition coefficient (Wildman–Crippen LogP) is 2.05. The molecule has 2 rings (SSSR count). The Labute approximate surface area is 114 Å². The number of hydrogen-bond donors (Lipinski definition) is 1. The zero-order chi connectivity index (χ0) is 13.7. The summed E-state index contributed by atoms with van der Waals surface area (Å²) >= 11 is 0. The van der Waals surface area contributed by atoms with Gasteiger partial charge in [0.15, 0.2) is 0 Å². The number of nitrogens with zero attached hydrogens (tertiary/aromatic N) is 2. The number of carbonyl (C=O) groups excluding carboxylic acids is 1. The summed E-state index contributed by atoms with van der Waals surface area (Å²) in [4.78, 5) is 13.7. The van der Waals surface area contributed by atoms with Crippen LogP contribution < -0.4 is 10.2 Å². The summed E-state index contributed by atoms with van der Waals surface area (Å²) in [6.45, 7) is 0.376. The topological polar surface area (TPSA) is 56.1 Å². The Morgan fingerprint density at radius 1 is 1.37 bits per heavy atom. The van der Waals surface area contributed by atoms with E-state index in [2.05, 4.69) is 11.4 Å². The maximum atomic E-state index is 12.1. The molecule has 1 aliphatic rings. The molecule has 1 fully saturated rings. The third-order valence-electron chi connectivity index (χ3n) is 3.65. The van der Waals surface area contributed by atoms with Crippen LogP contribution in [-0.4, -0.2) is 25.5 Å². The summed E-state index contributed by atoms with van der Waals surface area (Å²) in [6.07, 6.45) is 4.87. The van der Waals surface area contributed by atoms with Gasteiger partial charge >= 0.3 is 0 Å². The monoisotopic (exact) mass is 257 g/mol. The SMILES string of the molecule is CN(C(=O)CNC1CCCC1)c1ccc(C#N)cc1. The van der Waals surface area contributed by atoms with Gasteiger partial charge in [-0.05, 0) is 37.1 Å². The number of nitrogens with one attached hydrogen (secondary N) is 1. The van der Waals surface area contributed by atoms with E-state index >= 15 is 0 Å². The number of likely N-dealkylation sites (N-methyl/N-ethyl adjacent to an activating group) is 1. The highest BCUT2D eigenvalue weighted by molar-refractivity contribution is 5.94. The molecule has 0 radical (unpaired) electrons. The van der Waals surface area contributed by atoms with Gasteiger partial charge in [-0.1, -0.05) is 12.8 Å². The lowest BCUT2D eigenvalue weighted by Crippen LogP contribution is -2.39. The first-order valence-electron chi connectivity index (χ1n) is 6.71. The standard InChI is InChI=1S/C15H19N3O/c1-18(14-8-6-12(10-16)7-9-14)15(19)11-17-13-4-2-3-5-13/h6-9,13,17H,2-5,11H2,1H3. The fraction of sp³-hybridized carbons (Fsp3) is 0.467. The molecule has 1 aromatic carbocycles. The minimum Gasteiger partial charge on any atom is -0.314 e. The number of hydrogen-bond acceptors (Lipinski definition) is 3. The van der Waals surface area contributed by atoms with Crippen LogP contribution in [0.1, 0.15) is 31.2 Å². The van der Waals surface area contributed by atoms with E-state index in [1.807, 2.05) is 0 Å². The van der Waals surface area contributed by atoms with Gasteiger partial charge in [0.1, 0.15) is 0 Å². The van der Waals surface area contributed by atoms with Gasteiger partial charge in [0, 0.05) is 18.8 Å². The van der Waals surface area contributed by atoms with Crippen molar-refractivity contribution in [1.82, 2.24) is 5.32 Å². The molecule has 100 valence electrons. The van der Waals surface area contributed by atoms with Gasteiger partial charge in [-0.15, -0.1) is 0 Å². The molecule has 0 aliphatic heterocycles. The van der Waals surface area contributed by atoms with Crippen molar-refractivity contribution in [1.29, 1.82) is 5.26 Å². The Morgan fingerprint density at radius 3 is 2.58 bits per heavy atom. The number of rotatable bonds is 4. The summed E-state index contributed by atoms with van der Waals surface area (Å²) < 4.78 is 0. The van der Waals surface area contributed by atoms with Crippen molar-refractivity contribution in [3.8, 4) is 6.07 Å². The Hall–Kier alpha value is -1.86. The van der Waals surface area contributed by atoms with Crippen molar-refractivity contribution >= 4 is 11.6 Å². The van der Waals surface area contributed by atoms with Crippen molar-refractivity contribution in [2.24, 2.45) is 0 Å². The Balaban J connectivity index is 1.88. The zero-order valence-electron chi connectivity index (χ0n) is 11.2. The van der Waals surface area contributed by atoms with Crippen LogP contribution in [0.5, 0.6) is 0 Å². The molecule has 1 N–H and O–H groups in total. The van der Waals surface area contributed by atoms with Crippen LogP contribution in [0.4, 0.5) is 5.69 Å². The molecule has 1 saturated carbocycles. The van der Waals surface area contributed by atoms with E-state index in [0.717, 1.165) is 5.69 Å². The highest BCUT2D eigenvalue weighted by Crippen LogP contribution is 2.18. The first kappa shape index (κ1) is 13.6. The molecule has 0 unspecified atom stereocenters. The third kappa shape index (κ3) is 3.55. The van der Waals surface area contributed by atoms with Gasteiger partial charge in [-0.2, -0.15) is 5.26 Å². The molecule has 1 amide bonds. The third-order valence-corrected chi connectivity index (χ3v) is 3.65. The van der Waals surface area contributed by atoms with E-state index in [0.29, 0.717) is 18.2 Å². The molecule has 0 heterocycles. The van der Waals surface area contributed by atoms with Crippen LogP contribution in [0.2, 0.25) is 0 Å². The van der Waals surface area contributed by atoms with E-state index in [1.165, 1.54) is 25.7 Å². The lowest BCUT2D eigenvalue weighted by Gasteiger charge is -2.19. The second-order valence-electron chi connectivity index (χ2n) is 4.97. The van der Waals surface area contributed by atoms with Crippen molar-refractivity contribution in [2.75, 3.05) is 18.5 Å². The predicted molar refractivity (Wildman–Crippen MR) is 74.8 cm³/mol. The Morgan fingerprint density at radius 2 is 2.00 bits per heavy atom. The highest BCUT2D eigenvalue weighted by Gasteiger charge is 2.17. The fourth-order valence-corrected chi connectivity index (χ4v) is 2.38. The molecule has 4 heteroatoms. The molecule has 1 aromatic rings. The maximum absolute atomic E-state index is 12.1. The lowest BCUT2D eigenvalue weighted by molar-refractivity contribution is -0.117. The second-order valence-corrected chi connectivity index (χ2v) is 4.97. The van der Waals surface area contributed by atoms with E-state index in [4.69, 9.17) is 5.26 Å². The van der Waals surface area contributed by atoms with Crippen molar-refractivity contribution in [3.63, 3.8) is 0 Å². The summed E-state index contributed by atoms with van der Waals surface area (Å²) in [5.41, 5.74) is 1.42. The van der Waals surface area contributed by atoms with E-state index in [9.17, 15) is 4.79 Å². The average molecular weight is 257 g/mol. The quantitative estimate of drug-likeness (QED) is 0.898. The van der Waals surface area contributed by atoms with Crippen molar-refractivity contribution < 1.29 is 4.79 Å². The van der Waals surface area contributed by atoms with Crippen molar-refractivity contribution in [2.45, 2.75) is 31.7 Å². The summed E-state index contributed by atoms with van der Waals surface area (Å²) in [5.74, 6) is 0.0524. The van der Waals surface area contributed by atoms with Crippen LogP contribution >= 0.6 is 0 Å². The van der Waals surface area contributed by atoms with Gasteiger partial charge in [-0.3, -0.25) is 4.79 Å². The van der Waals surface area contributed by atoms with Gasteiger partial charge in [-0.25, -0.2) is 0 Å². The van der Waals surface area contributed by atoms with Gasteiger partial charge < -0.3 is 10.2 Å². The first-order chi connectivity index (χ1) is 9.20. The smallest absolute Gasteiger partial charge is 0.240 e. The molecular weight excluding hydrogens is 238 g/mol. The molecule has 0 atom stereocenters. The van der Waals surface area contributed by atoms with Gasteiger partial charge in [0.2, 0.25) is 5.91 Å². The van der Waals surface area contributed by atoms with E-state index in [-0.39, 0.29) is 5.91 Å². The number of anilines is 1. The average Bonchev–Trinajstić information content (AvgIpc) is 2.97. The van der Waals surface area contributed by atoms with Crippen LogP contribution in [0.3, 0.4) is 0 Å². The highest BCUT2D eigenvalue weighted by atomic mass is 16.2. The number of benzene rings is 1. The first-order valence-corrected chi connectivity index (χ1v) is 6.71. The second kappa shape index (κ2) is 6.35. The molecule has 0 spiro atoms. The van der Waals surface area contributed by atoms with Crippen LogP contribution in [0.25, 0.3) is 0 Å². The molecule has 1 aliphatic carbocycles. The van der Waals surface area contributed by atoms with Gasteiger partial charge in [0.25, 0.3) is 0 Å². The van der Waals surface area contributed by atoms with Crippen molar-refractivity contribution in [3.05, 3.63) is 29.8 Å². The zero-order valence-corrected chi connectivity index (χ0v) is 11.2. The van der Waals surface area contributed by atoms with Gasteiger partial charge in [0.05, 0.1) is 18.2 Å². The molecule has 0 saturated heterocycles. The molecule has 4 nitrogen and oxygen atoms in total. The molecule has 0 bridgehead atoms. The molecule has 19 heavy (non-hydrogen) atoms. The van der Waals surface area contributed by atoms with Crippen LogP contribution in [-0.2, 0) is 4.79 Å². The summed E-state index contributed by atoms with van der Waals surface area (Å²) in [7, 11) is 1.76. The number of nitriles is 1. The largest absolute Gasteiger partial charge is 0.314 e. The number of carbonyl (C=O) groups is 1. The van der Waals surface area contributed by atoms with E-state index < -0.39 is 0 Å². The maximum Gasteiger partial charge on any atom is 0.240 e. The normalized spacial score (nSPS) is 15.2. The van der Waals surface area contributed by atoms with Crippen LogP contribution in [0, 0.1) is 11.3 Å². The lowest BCUT2D eigenvalue weighted by atomic mass is 10.2. The fourth-order valence-electron chi connectivity index (χ4n) is 2.38. The Bertz CT molecular complexity index is 469. The summed E-state index contributed by atoms with van der Waals surface area (Å²) in [6, 6.07) is 9.61. The molecular formula is C15H19N3O. The molecule has 0 aromatic heterocycles. The summed E-state index contributed by atoms with van der Waals surface area (Å²) in [5, 5.41) is 12.1. The van der Waals surface area contributed by atoms with E-state index in [1.54, 1.807) is 36.2 Å². The number of amides is 1. The minimum absolute atomic E-state index is 0.0524.